The number of benzene rings is 1. The molecule has 0 bridgehead atoms. The molecule has 0 aliphatic heterocycles. The maximum absolute atomic E-state index is 13.6. The Morgan fingerprint density at radius 1 is 1.13 bits per heavy atom. The number of halogens is 2. The Hall–Kier alpha value is -2.22. The van der Waals surface area contributed by atoms with Crippen LogP contribution in [0.25, 0.3) is 11.2 Å². The number of nitrogens with zero attached hydrogens (tertiary/aromatic N) is 4. The Labute approximate surface area is 179 Å². The van der Waals surface area contributed by atoms with E-state index in [9.17, 15) is 8.78 Å². The van der Waals surface area contributed by atoms with Crippen molar-refractivity contribution in [3.63, 3.8) is 0 Å². The molecular formula is C22H27F2N5S. The van der Waals surface area contributed by atoms with Crippen LogP contribution in [0.5, 0.6) is 0 Å². The van der Waals surface area contributed by atoms with Gasteiger partial charge in [-0.3, -0.25) is 0 Å². The van der Waals surface area contributed by atoms with Crippen LogP contribution in [0.3, 0.4) is 0 Å². The van der Waals surface area contributed by atoms with E-state index in [2.05, 4.69) is 28.7 Å². The van der Waals surface area contributed by atoms with Gasteiger partial charge in [-0.1, -0.05) is 44.5 Å². The van der Waals surface area contributed by atoms with Crippen molar-refractivity contribution in [2.24, 2.45) is 0 Å². The number of fused-ring (bicyclic) bond motifs is 1. The summed E-state index contributed by atoms with van der Waals surface area (Å²) in [6.07, 6.45) is 7.17. The fraction of sp³-hybridized carbons (Fsp3) is 0.500. The molecule has 1 saturated carbocycles. The van der Waals surface area contributed by atoms with Crippen molar-refractivity contribution in [3.05, 3.63) is 41.7 Å². The molecule has 2 atom stereocenters. The van der Waals surface area contributed by atoms with Crippen LogP contribution in [0.1, 0.15) is 57.4 Å². The first-order valence-corrected chi connectivity index (χ1v) is 11.7. The number of hydrogen-bond donors (Lipinski definition) is 1. The van der Waals surface area contributed by atoms with E-state index in [1.165, 1.54) is 25.0 Å². The van der Waals surface area contributed by atoms with Crippen LogP contribution in [0.2, 0.25) is 0 Å². The summed E-state index contributed by atoms with van der Waals surface area (Å²) >= 11 is 1.64. The summed E-state index contributed by atoms with van der Waals surface area (Å²) in [6.45, 7) is 5.21. The molecule has 5 nitrogen and oxygen atoms in total. The minimum Gasteiger partial charge on any atom is -0.365 e. The minimum atomic E-state index is -0.812. The van der Waals surface area contributed by atoms with Gasteiger partial charge in [0.25, 0.3) is 0 Å². The molecule has 1 fully saturated rings. The summed E-state index contributed by atoms with van der Waals surface area (Å²) in [4.78, 5) is 14.1. The quantitative estimate of drug-likeness (QED) is 0.251. The lowest BCUT2D eigenvalue weighted by atomic mass is 10.1. The van der Waals surface area contributed by atoms with Crippen molar-refractivity contribution < 1.29 is 8.78 Å². The smallest absolute Gasteiger partial charge is 0.191 e. The maximum atomic E-state index is 13.6. The van der Waals surface area contributed by atoms with E-state index in [0.29, 0.717) is 0 Å². The molecule has 1 aromatic carbocycles. The third-order valence-corrected chi connectivity index (χ3v) is 6.42. The fourth-order valence-corrected chi connectivity index (χ4v) is 4.31. The van der Waals surface area contributed by atoms with Crippen LogP contribution < -0.4 is 5.32 Å². The van der Waals surface area contributed by atoms with Crippen molar-refractivity contribution >= 4 is 28.7 Å². The SMILES string of the molecule is CCCCCn1cnc2c(N[C@@H]3C[C@H]3c3ccc(F)c(F)c3)nc(SCCC)nc21. The lowest BCUT2D eigenvalue weighted by Gasteiger charge is -2.09. The van der Waals surface area contributed by atoms with Gasteiger partial charge in [-0.2, -0.15) is 0 Å². The first kappa shape index (κ1) is 21.0. The second-order valence-corrected chi connectivity index (χ2v) is 8.85. The molecule has 0 saturated heterocycles. The monoisotopic (exact) mass is 431 g/mol. The standard InChI is InChI=1S/C22H27F2N5S/c1-3-5-6-9-29-13-25-19-20(27-22(28-21(19)29)30-10-4-2)26-18-12-15(18)14-7-8-16(23)17(24)11-14/h7-8,11,13,15,18H,3-6,9-10,12H2,1-2H3,(H,26,27,28)/t15-,18+/m0/s1. The molecule has 0 spiro atoms. The first-order valence-electron chi connectivity index (χ1n) is 10.7. The first-order chi connectivity index (χ1) is 14.6. The normalized spacial score (nSPS) is 18.1. The number of nitrogens with one attached hydrogen (secondary N) is 1. The van der Waals surface area contributed by atoms with E-state index in [0.717, 1.165) is 59.3 Å². The van der Waals surface area contributed by atoms with Gasteiger partial charge in [-0.05, 0) is 37.0 Å². The van der Waals surface area contributed by atoms with Crippen LogP contribution >= 0.6 is 11.8 Å². The molecule has 8 heteroatoms. The van der Waals surface area contributed by atoms with E-state index in [-0.39, 0.29) is 12.0 Å². The number of hydrogen-bond acceptors (Lipinski definition) is 5. The number of aryl methyl sites for hydroxylation is 1. The van der Waals surface area contributed by atoms with Crippen LogP contribution in [0.4, 0.5) is 14.6 Å². The van der Waals surface area contributed by atoms with Crippen molar-refractivity contribution in [1.82, 2.24) is 19.5 Å². The van der Waals surface area contributed by atoms with Crippen molar-refractivity contribution in [2.45, 2.75) is 69.6 Å². The number of imidazole rings is 1. The highest BCUT2D eigenvalue weighted by Gasteiger charge is 2.39. The number of anilines is 1. The second-order valence-electron chi connectivity index (χ2n) is 7.79. The van der Waals surface area contributed by atoms with Crippen LogP contribution in [0.15, 0.2) is 29.7 Å². The summed E-state index contributed by atoms with van der Waals surface area (Å²) in [5.74, 6) is 0.209. The van der Waals surface area contributed by atoms with Gasteiger partial charge < -0.3 is 9.88 Å². The molecule has 0 amide bonds. The van der Waals surface area contributed by atoms with Gasteiger partial charge in [0.05, 0.1) is 6.33 Å². The Bertz CT molecular complexity index is 1020. The third kappa shape index (κ3) is 4.58. The average molecular weight is 432 g/mol. The summed E-state index contributed by atoms with van der Waals surface area (Å²) < 4.78 is 28.9. The van der Waals surface area contributed by atoms with Gasteiger partial charge >= 0.3 is 0 Å². The molecule has 0 unspecified atom stereocenters. The van der Waals surface area contributed by atoms with E-state index in [1.807, 2.05) is 6.33 Å². The van der Waals surface area contributed by atoms with Gasteiger partial charge in [0.15, 0.2) is 33.8 Å². The molecule has 1 aliphatic carbocycles. The minimum absolute atomic E-state index is 0.127. The fourth-order valence-electron chi connectivity index (χ4n) is 3.62. The Morgan fingerprint density at radius 3 is 2.77 bits per heavy atom. The molecule has 2 aromatic heterocycles. The number of unbranched alkanes of at least 4 members (excludes halogenated alkanes) is 2. The molecule has 3 aromatic rings. The summed E-state index contributed by atoms with van der Waals surface area (Å²) in [6, 6.07) is 4.27. The molecular weight excluding hydrogens is 404 g/mol. The van der Waals surface area contributed by atoms with Crippen molar-refractivity contribution in [3.8, 4) is 0 Å². The van der Waals surface area contributed by atoms with Gasteiger partial charge in [-0.15, -0.1) is 0 Å². The topological polar surface area (TPSA) is 55.6 Å². The number of thioether (sulfide) groups is 1. The zero-order valence-electron chi connectivity index (χ0n) is 17.4. The van der Waals surface area contributed by atoms with E-state index >= 15 is 0 Å². The molecule has 1 aliphatic rings. The largest absolute Gasteiger partial charge is 0.365 e. The van der Waals surface area contributed by atoms with Crippen molar-refractivity contribution in [1.29, 1.82) is 0 Å². The van der Waals surface area contributed by atoms with Crippen LogP contribution in [-0.4, -0.2) is 31.3 Å². The number of rotatable bonds is 10. The van der Waals surface area contributed by atoms with Crippen LogP contribution in [0, 0.1) is 11.6 Å². The molecule has 0 radical (unpaired) electrons. The molecule has 2 heterocycles. The Balaban J connectivity index is 1.57. The predicted molar refractivity (Wildman–Crippen MR) is 117 cm³/mol. The average Bonchev–Trinajstić information content (AvgIpc) is 3.39. The molecule has 30 heavy (non-hydrogen) atoms. The van der Waals surface area contributed by atoms with Gasteiger partial charge in [0, 0.05) is 24.3 Å². The van der Waals surface area contributed by atoms with Gasteiger partial charge in [0.1, 0.15) is 0 Å². The molecule has 4 rings (SSSR count). The highest BCUT2D eigenvalue weighted by Crippen LogP contribution is 2.43. The summed E-state index contributed by atoms with van der Waals surface area (Å²) in [7, 11) is 0. The zero-order chi connectivity index (χ0) is 21.1. The van der Waals surface area contributed by atoms with E-state index < -0.39 is 11.6 Å². The van der Waals surface area contributed by atoms with E-state index in [4.69, 9.17) is 9.97 Å². The van der Waals surface area contributed by atoms with Gasteiger partial charge in [-0.25, -0.2) is 23.7 Å². The maximum Gasteiger partial charge on any atom is 0.191 e. The lowest BCUT2D eigenvalue weighted by Crippen LogP contribution is -2.09. The molecule has 160 valence electrons. The summed E-state index contributed by atoms with van der Waals surface area (Å²) in [5.41, 5.74) is 2.43. The molecule has 1 N–H and O–H groups in total. The zero-order valence-corrected chi connectivity index (χ0v) is 18.2. The number of aromatic nitrogens is 4. The van der Waals surface area contributed by atoms with Crippen LogP contribution in [-0.2, 0) is 6.54 Å². The Kier molecular flexibility index (Phi) is 6.51. The van der Waals surface area contributed by atoms with E-state index in [1.54, 1.807) is 17.8 Å². The highest BCUT2D eigenvalue weighted by molar-refractivity contribution is 7.99. The second kappa shape index (κ2) is 9.29. The van der Waals surface area contributed by atoms with Gasteiger partial charge in [0.2, 0.25) is 0 Å². The summed E-state index contributed by atoms with van der Waals surface area (Å²) in [5, 5.41) is 4.23. The lowest BCUT2D eigenvalue weighted by molar-refractivity contribution is 0.507. The predicted octanol–water partition coefficient (Wildman–Crippen LogP) is 5.76. The van der Waals surface area contributed by atoms with Crippen molar-refractivity contribution in [2.75, 3.05) is 11.1 Å². The highest BCUT2D eigenvalue weighted by atomic mass is 32.2. The Morgan fingerprint density at radius 2 is 2.00 bits per heavy atom. The third-order valence-electron chi connectivity index (χ3n) is 5.37.